The highest BCUT2D eigenvalue weighted by Gasteiger charge is 2.40. The summed E-state index contributed by atoms with van der Waals surface area (Å²) in [7, 11) is 0. The van der Waals surface area contributed by atoms with Gasteiger partial charge in [0, 0.05) is 5.56 Å². The average Bonchev–Trinajstić information content (AvgIpc) is 3.61. The van der Waals surface area contributed by atoms with E-state index in [-0.39, 0.29) is 24.8 Å². The van der Waals surface area contributed by atoms with E-state index < -0.39 is 41.4 Å². The minimum absolute atomic E-state index is 0.135. The summed E-state index contributed by atoms with van der Waals surface area (Å²) in [6.45, 7) is 3.93. The molecule has 9 heteroatoms. The van der Waals surface area contributed by atoms with Crippen molar-refractivity contribution in [3.8, 4) is 22.3 Å². The second-order valence-electron chi connectivity index (χ2n) is 13.3. The average molecular weight is 680 g/mol. The van der Waals surface area contributed by atoms with E-state index >= 15 is 0 Å². The zero-order valence-electron chi connectivity index (χ0n) is 27.7. The normalized spacial score (nSPS) is 17.3. The van der Waals surface area contributed by atoms with E-state index in [1.54, 1.807) is 11.0 Å². The van der Waals surface area contributed by atoms with Gasteiger partial charge in [-0.2, -0.15) is 13.2 Å². The summed E-state index contributed by atoms with van der Waals surface area (Å²) in [4.78, 5) is 43.4. The number of nitrogens with zero attached hydrogens (tertiary/aromatic N) is 1. The van der Waals surface area contributed by atoms with E-state index in [0.29, 0.717) is 28.8 Å². The van der Waals surface area contributed by atoms with Gasteiger partial charge in [-0.15, -0.1) is 6.58 Å². The fourth-order valence-corrected chi connectivity index (χ4v) is 7.49. The number of hydrogen-bond donors (Lipinski definition) is 2. The molecule has 2 aliphatic rings. The number of para-hydroxylation sites is 1. The van der Waals surface area contributed by atoms with Crippen molar-refractivity contribution in [2.75, 3.05) is 4.90 Å². The molecular formula is C41H40F3N3O3. The predicted molar refractivity (Wildman–Crippen MR) is 188 cm³/mol. The number of nitrogens with two attached hydrogens (primary N) is 1. The van der Waals surface area contributed by atoms with Crippen LogP contribution in [-0.2, 0) is 27.1 Å². The SMILES string of the molecule is C=CC[C@H](C(N)=O)[C@@H](CC1CCCC1)C(=O)NC1C(=O)N(Cc2cccc(-c3ccc(C(F)(F)F)cc3)c2)c2ccccc2-c2ccccc21. The largest absolute Gasteiger partial charge is 0.416 e. The Hall–Kier alpha value is -5.18. The Kier molecular flexibility index (Phi) is 10.2. The molecule has 1 heterocycles. The van der Waals surface area contributed by atoms with Crippen LogP contribution in [0.3, 0.4) is 0 Å². The molecule has 0 saturated heterocycles. The standard InChI is InChI=1S/C41H40F3N3O3/c1-2-10-34(38(45)48)35(24-26-11-3-4-12-26)39(49)46-37-33-17-6-5-15-31(33)32-16-7-8-18-36(32)47(40(37)50)25-27-13-9-14-29(23-27)28-19-21-30(22-20-28)41(42,43)44/h2,5-9,13-23,26,34-35,37H,1,3-4,10-12,24-25H2,(H2,45,48)(H,46,49)/t34-,35+,37?/m0/s1. The summed E-state index contributed by atoms with van der Waals surface area (Å²) < 4.78 is 39.6. The Balaban J connectivity index is 1.36. The van der Waals surface area contributed by atoms with Crippen molar-refractivity contribution in [3.63, 3.8) is 0 Å². The lowest BCUT2D eigenvalue weighted by Gasteiger charge is -2.30. The molecule has 0 radical (unpaired) electrons. The van der Waals surface area contributed by atoms with E-state index in [4.69, 9.17) is 5.73 Å². The van der Waals surface area contributed by atoms with Gasteiger partial charge in [0.05, 0.1) is 29.6 Å². The molecule has 4 aromatic rings. The molecule has 4 aromatic carbocycles. The molecule has 1 aliphatic heterocycles. The molecular weight excluding hydrogens is 639 g/mol. The second-order valence-corrected chi connectivity index (χ2v) is 13.3. The van der Waals surface area contributed by atoms with E-state index in [1.807, 2.05) is 72.8 Å². The third-order valence-electron chi connectivity index (χ3n) is 10.0. The monoisotopic (exact) mass is 679 g/mol. The van der Waals surface area contributed by atoms with Crippen LogP contribution in [0.2, 0.25) is 0 Å². The number of primary amides is 1. The molecule has 6 nitrogen and oxygen atoms in total. The first-order valence-electron chi connectivity index (χ1n) is 17.0. The molecule has 0 bridgehead atoms. The van der Waals surface area contributed by atoms with Crippen molar-refractivity contribution in [2.24, 2.45) is 23.5 Å². The molecule has 1 fully saturated rings. The lowest BCUT2D eigenvalue weighted by Crippen LogP contribution is -2.47. The quantitative estimate of drug-likeness (QED) is 0.156. The van der Waals surface area contributed by atoms with Crippen LogP contribution in [0, 0.1) is 17.8 Å². The molecule has 3 atom stereocenters. The van der Waals surface area contributed by atoms with Crippen LogP contribution in [0.1, 0.15) is 61.3 Å². The lowest BCUT2D eigenvalue weighted by atomic mass is 9.80. The van der Waals surface area contributed by atoms with E-state index in [1.165, 1.54) is 12.1 Å². The van der Waals surface area contributed by atoms with Gasteiger partial charge < -0.3 is 16.0 Å². The number of carbonyl (C=O) groups is 3. The van der Waals surface area contributed by atoms with Gasteiger partial charge >= 0.3 is 6.18 Å². The maximum absolute atomic E-state index is 14.8. The Morgan fingerprint density at radius 2 is 1.56 bits per heavy atom. The molecule has 1 aliphatic carbocycles. The van der Waals surface area contributed by atoms with Gasteiger partial charge in [0.2, 0.25) is 11.8 Å². The number of alkyl halides is 3. The fraction of sp³-hybridized carbons (Fsp3) is 0.293. The van der Waals surface area contributed by atoms with Crippen molar-refractivity contribution in [3.05, 3.63) is 126 Å². The molecule has 50 heavy (non-hydrogen) atoms. The number of nitrogens with one attached hydrogen (secondary N) is 1. The summed E-state index contributed by atoms with van der Waals surface area (Å²) >= 11 is 0. The van der Waals surface area contributed by atoms with Gasteiger partial charge in [-0.1, -0.05) is 105 Å². The van der Waals surface area contributed by atoms with Crippen LogP contribution >= 0.6 is 0 Å². The molecule has 1 unspecified atom stereocenters. The Morgan fingerprint density at radius 1 is 0.880 bits per heavy atom. The second kappa shape index (κ2) is 14.7. The Labute approximate surface area is 290 Å². The predicted octanol–water partition coefficient (Wildman–Crippen LogP) is 8.62. The van der Waals surface area contributed by atoms with Crippen LogP contribution < -0.4 is 16.0 Å². The van der Waals surface area contributed by atoms with Gasteiger partial charge in [0.1, 0.15) is 6.04 Å². The highest BCUT2D eigenvalue weighted by Crippen LogP contribution is 2.42. The Bertz CT molecular complexity index is 1880. The smallest absolute Gasteiger partial charge is 0.369 e. The summed E-state index contributed by atoms with van der Waals surface area (Å²) in [5, 5.41) is 3.07. The third-order valence-corrected chi connectivity index (χ3v) is 10.0. The van der Waals surface area contributed by atoms with Crippen LogP contribution in [0.4, 0.5) is 18.9 Å². The van der Waals surface area contributed by atoms with Gasteiger partial charge in [-0.25, -0.2) is 0 Å². The molecule has 3 N–H and O–H groups in total. The van der Waals surface area contributed by atoms with Crippen molar-refractivity contribution < 1.29 is 27.6 Å². The van der Waals surface area contributed by atoms with Crippen molar-refractivity contribution in [2.45, 2.75) is 57.3 Å². The highest BCUT2D eigenvalue weighted by molar-refractivity contribution is 6.06. The fourth-order valence-electron chi connectivity index (χ4n) is 7.49. The number of amides is 3. The number of fused-ring (bicyclic) bond motifs is 3. The van der Waals surface area contributed by atoms with Crippen LogP contribution in [0.25, 0.3) is 22.3 Å². The number of carbonyl (C=O) groups excluding carboxylic acids is 3. The summed E-state index contributed by atoms with van der Waals surface area (Å²) in [5.74, 6) is -2.52. The highest BCUT2D eigenvalue weighted by atomic mass is 19.4. The van der Waals surface area contributed by atoms with Crippen molar-refractivity contribution in [1.82, 2.24) is 5.32 Å². The number of rotatable bonds is 11. The van der Waals surface area contributed by atoms with Crippen LogP contribution in [0.15, 0.2) is 110 Å². The minimum Gasteiger partial charge on any atom is -0.369 e. The zero-order chi connectivity index (χ0) is 35.4. The van der Waals surface area contributed by atoms with Crippen LogP contribution in [0.5, 0.6) is 0 Å². The molecule has 1 saturated carbocycles. The maximum Gasteiger partial charge on any atom is 0.416 e. The van der Waals surface area contributed by atoms with E-state index in [2.05, 4.69) is 11.9 Å². The molecule has 0 spiro atoms. The first-order chi connectivity index (χ1) is 24.0. The lowest BCUT2D eigenvalue weighted by molar-refractivity contribution is -0.137. The first kappa shape index (κ1) is 34.7. The Morgan fingerprint density at radius 3 is 2.24 bits per heavy atom. The van der Waals surface area contributed by atoms with Gasteiger partial charge in [-0.05, 0) is 70.8 Å². The third kappa shape index (κ3) is 7.37. The van der Waals surface area contributed by atoms with Gasteiger partial charge in [-0.3, -0.25) is 14.4 Å². The molecule has 3 amide bonds. The zero-order valence-corrected chi connectivity index (χ0v) is 27.7. The van der Waals surface area contributed by atoms with Crippen molar-refractivity contribution >= 4 is 23.4 Å². The van der Waals surface area contributed by atoms with E-state index in [0.717, 1.165) is 54.5 Å². The topological polar surface area (TPSA) is 92.5 Å². The van der Waals surface area contributed by atoms with Crippen molar-refractivity contribution in [1.29, 1.82) is 0 Å². The number of hydrogen-bond acceptors (Lipinski definition) is 3. The van der Waals surface area contributed by atoms with Crippen LogP contribution in [-0.4, -0.2) is 17.7 Å². The summed E-state index contributed by atoms with van der Waals surface area (Å²) in [5.41, 5.74) is 10.1. The summed E-state index contributed by atoms with van der Waals surface area (Å²) in [6, 6.07) is 26.3. The summed E-state index contributed by atoms with van der Waals surface area (Å²) in [6.07, 6.45) is 2.01. The number of anilines is 1. The van der Waals surface area contributed by atoms with Gasteiger partial charge in [0.25, 0.3) is 5.91 Å². The molecule has 258 valence electrons. The number of benzene rings is 4. The van der Waals surface area contributed by atoms with E-state index in [9.17, 15) is 27.6 Å². The first-order valence-corrected chi connectivity index (χ1v) is 17.0. The number of halogens is 3. The molecule has 0 aromatic heterocycles. The minimum atomic E-state index is -4.44. The number of allylic oxidation sites excluding steroid dienone is 1. The van der Waals surface area contributed by atoms with Gasteiger partial charge in [0.15, 0.2) is 0 Å². The molecule has 6 rings (SSSR count). The maximum atomic E-state index is 14.8.